The number of anilines is 2. The minimum atomic E-state index is -0.329. The zero-order chi connectivity index (χ0) is 16.8. The van der Waals surface area contributed by atoms with Gasteiger partial charge in [-0.25, -0.2) is 0 Å². The highest BCUT2D eigenvalue weighted by Gasteiger charge is 2.41. The van der Waals surface area contributed by atoms with E-state index in [1.54, 1.807) is 4.90 Å². The number of nitrogens with zero attached hydrogens (tertiary/aromatic N) is 1. The molecule has 2 aromatic carbocycles. The van der Waals surface area contributed by atoms with Crippen LogP contribution in [0.15, 0.2) is 42.5 Å². The lowest BCUT2D eigenvalue weighted by Crippen LogP contribution is -2.35. The Morgan fingerprint density at radius 3 is 2.48 bits per heavy atom. The van der Waals surface area contributed by atoms with Crippen LogP contribution in [0.1, 0.15) is 48.3 Å². The van der Waals surface area contributed by atoms with Crippen molar-refractivity contribution in [3.63, 3.8) is 0 Å². The summed E-state index contributed by atoms with van der Waals surface area (Å²) in [6, 6.07) is 14.1. The van der Waals surface area contributed by atoms with Crippen LogP contribution in [0.3, 0.4) is 0 Å². The number of rotatable bonds is 3. The average Bonchev–Trinajstić information content (AvgIpc) is 2.70. The summed E-state index contributed by atoms with van der Waals surface area (Å²) in [7, 11) is 1.83. The first kappa shape index (κ1) is 15.4. The number of hydrogen-bond acceptors (Lipinski definition) is 3. The van der Waals surface area contributed by atoms with Crippen LogP contribution >= 0.6 is 0 Å². The van der Waals surface area contributed by atoms with E-state index in [2.05, 4.69) is 24.4 Å². The highest BCUT2D eigenvalue weighted by molar-refractivity contribution is 6.01. The molecule has 3 N–H and O–H groups in total. The SMILES string of the molecule is C[C@H](Nc1cc2c(cc1N)C(C)(C)N(C)C2=O)c1ccccc1. The van der Waals surface area contributed by atoms with Crippen LogP contribution in [-0.4, -0.2) is 17.9 Å². The summed E-state index contributed by atoms with van der Waals surface area (Å²) >= 11 is 0. The van der Waals surface area contributed by atoms with Crippen molar-refractivity contribution in [3.8, 4) is 0 Å². The largest absolute Gasteiger partial charge is 0.397 e. The van der Waals surface area contributed by atoms with Crippen molar-refractivity contribution in [2.45, 2.75) is 32.4 Å². The fraction of sp³-hybridized carbons (Fsp3) is 0.316. The summed E-state index contributed by atoms with van der Waals surface area (Å²) in [5.74, 6) is 0.0421. The van der Waals surface area contributed by atoms with Crippen LogP contribution in [0.25, 0.3) is 0 Å². The Hall–Kier alpha value is -2.49. The molecular formula is C19H23N3O. The summed E-state index contributed by atoms with van der Waals surface area (Å²) in [5.41, 5.74) is 10.3. The summed E-state index contributed by atoms with van der Waals surface area (Å²) in [4.78, 5) is 14.3. The molecule has 0 radical (unpaired) electrons. The first-order chi connectivity index (χ1) is 10.8. The number of hydrogen-bond donors (Lipinski definition) is 2. The van der Waals surface area contributed by atoms with Crippen molar-refractivity contribution in [3.05, 3.63) is 59.2 Å². The lowest BCUT2D eigenvalue weighted by molar-refractivity contribution is 0.0691. The third kappa shape index (κ3) is 2.44. The van der Waals surface area contributed by atoms with E-state index in [0.29, 0.717) is 5.69 Å². The monoisotopic (exact) mass is 309 g/mol. The van der Waals surface area contributed by atoms with Crippen LogP contribution in [0.2, 0.25) is 0 Å². The van der Waals surface area contributed by atoms with Gasteiger partial charge in [-0.15, -0.1) is 0 Å². The Bertz CT molecular complexity index is 753. The molecule has 0 unspecified atom stereocenters. The third-order valence-corrected chi connectivity index (χ3v) is 4.89. The van der Waals surface area contributed by atoms with E-state index in [4.69, 9.17) is 5.73 Å². The standard InChI is InChI=1S/C19H23N3O/c1-12(13-8-6-5-7-9-13)21-17-10-14-15(11-16(17)20)19(2,3)22(4)18(14)23/h5-12,21H,20H2,1-4H3/t12-/m0/s1. The van der Waals surface area contributed by atoms with E-state index >= 15 is 0 Å². The number of benzene rings is 2. The van der Waals surface area contributed by atoms with Crippen molar-refractivity contribution in [1.82, 2.24) is 4.90 Å². The maximum absolute atomic E-state index is 12.5. The Balaban J connectivity index is 1.96. The average molecular weight is 309 g/mol. The summed E-state index contributed by atoms with van der Waals surface area (Å²) in [6.07, 6.45) is 0. The first-order valence-corrected chi connectivity index (χ1v) is 7.86. The molecule has 4 heteroatoms. The Labute approximate surface area is 137 Å². The minimum Gasteiger partial charge on any atom is -0.397 e. The minimum absolute atomic E-state index is 0.0421. The molecule has 0 saturated carbocycles. The zero-order valence-electron chi connectivity index (χ0n) is 14.1. The highest BCUT2D eigenvalue weighted by atomic mass is 16.2. The summed E-state index contributed by atoms with van der Waals surface area (Å²) in [5, 5.41) is 3.42. The molecule has 0 bridgehead atoms. The number of carbonyl (C=O) groups excluding carboxylic acids is 1. The maximum atomic E-state index is 12.5. The number of nitrogen functional groups attached to an aromatic ring is 1. The van der Waals surface area contributed by atoms with E-state index < -0.39 is 0 Å². The Kier molecular flexibility index (Phi) is 3.55. The van der Waals surface area contributed by atoms with Gasteiger partial charge in [0, 0.05) is 18.7 Å². The van der Waals surface area contributed by atoms with E-state index in [-0.39, 0.29) is 17.5 Å². The van der Waals surface area contributed by atoms with Crippen molar-refractivity contribution < 1.29 is 4.79 Å². The van der Waals surface area contributed by atoms with Gasteiger partial charge in [0.15, 0.2) is 0 Å². The molecule has 0 aromatic heterocycles. The van der Waals surface area contributed by atoms with Gasteiger partial charge in [0.25, 0.3) is 5.91 Å². The molecule has 0 saturated heterocycles. The molecule has 0 fully saturated rings. The van der Waals surface area contributed by atoms with Crippen LogP contribution < -0.4 is 11.1 Å². The molecule has 1 atom stereocenters. The van der Waals surface area contributed by atoms with E-state index in [0.717, 1.165) is 16.8 Å². The molecule has 1 aliphatic rings. The normalized spacial score (nSPS) is 17.0. The lowest BCUT2D eigenvalue weighted by Gasteiger charge is -2.28. The second kappa shape index (κ2) is 5.30. The van der Waals surface area contributed by atoms with Crippen molar-refractivity contribution in [2.75, 3.05) is 18.1 Å². The topological polar surface area (TPSA) is 58.4 Å². The molecule has 1 amide bonds. The molecule has 2 aromatic rings. The fourth-order valence-electron chi connectivity index (χ4n) is 3.10. The van der Waals surface area contributed by atoms with E-state index in [1.165, 1.54) is 5.56 Å². The third-order valence-electron chi connectivity index (χ3n) is 4.89. The number of carbonyl (C=O) groups is 1. The van der Waals surface area contributed by atoms with Crippen LogP contribution in [0.4, 0.5) is 11.4 Å². The number of amides is 1. The summed E-state index contributed by atoms with van der Waals surface area (Å²) < 4.78 is 0. The van der Waals surface area contributed by atoms with Gasteiger partial charge in [-0.1, -0.05) is 30.3 Å². The van der Waals surface area contributed by atoms with Gasteiger partial charge in [-0.3, -0.25) is 4.79 Å². The predicted molar refractivity (Wildman–Crippen MR) is 94.5 cm³/mol. The predicted octanol–water partition coefficient (Wildman–Crippen LogP) is 3.76. The first-order valence-electron chi connectivity index (χ1n) is 7.86. The maximum Gasteiger partial charge on any atom is 0.254 e. The number of nitrogens with one attached hydrogen (secondary N) is 1. The molecule has 3 rings (SSSR count). The molecule has 4 nitrogen and oxygen atoms in total. The fourth-order valence-corrected chi connectivity index (χ4v) is 3.10. The van der Waals surface area contributed by atoms with Crippen molar-refractivity contribution in [1.29, 1.82) is 0 Å². The number of fused-ring (bicyclic) bond motifs is 1. The van der Waals surface area contributed by atoms with Crippen molar-refractivity contribution in [2.24, 2.45) is 0 Å². The molecule has 120 valence electrons. The second-order valence-electron chi connectivity index (χ2n) is 6.68. The molecule has 1 aliphatic heterocycles. The molecule has 23 heavy (non-hydrogen) atoms. The van der Waals surface area contributed by atoms with E-state index in [1.807, 2.05) is 51.2 Å². The lowest BCUT2D eigenvalue weighted by atomic mass is 9.93. The Morgan fingerprint density at radius 2 is 1.83 bits per heavy atom. The molecule has 1 heterocycles. The second-order valence-corrected chi connectivity index (χ2v) is 6.68. The Morgan fingerprint density at radius 1 is 1.17 bits per heavy atom. The quantitative estimate of drug-likeness (QED) is 0.849. The smallest absolute Gasteiger partial charge is 0.254 e. The van der Waals surface area contributed by atoms with Gasteiger partial charge in [-0.2, -0.15) is 0 Å². The number of nitrogens with two attached hydrogens (primary N) is 1. The zero-order valence-corrected chi connectivity index (χ0v) is 14.1. The summed E-state index contributed by atoms with van der Waals surface area (Å²) in [6.45, 7) is 6.16. The molecule has 0 aliphatic carbocycles. The van der Waals surface area contributed by atoms with Crippen LogP contribution in [0, 0.1) is 0 Å². The van der Waals surface area contributed by atoms with Gasteiger partial charge in [0.05, 0.1) is 16.9 Å². The van der Waals surface area contributed by atoms with Crippen molar-refractivity contribution >= 4 is 17.3 Å². The van der Waals surface area contributed by atoms with Crippen LogP contribution in [-0.2, 0) is 5.54 Å². The molecular weight excluding hydrogens is 286 g/mol. The van der Waals surface area contributed by atoms with Gasteiger partial charge in [0.1, 0.15) is 0 Å². The molecule has 0 spiro atoms. The highest BCUT2D eigenvalue weighted by Crippen LogP contribution is 2.41. The van der Waals surface area contributed by atoms with Gasteiger partial charge in [0.2, 0.25) is 0 Å². The van der Waals surface area contributed by atoms with Gasteiger partial charge >= 0.3 is 0 Å². The van der Waals surface area contributed by atoms with E-state index in [9.17, 15) is 4.79 Å². The van der Waals surface area contributed by atoms with Gasteiger partial charge < -0.3 is 16.0 Å². The van der Waals surface area contributed by atoms with Gasteiger partial charge in [-0.05, 0) is 44.0 Å². The van der Waals surface area contributed by atoms with Crippen LogP contribution in [0.5, 0.6) is 0 Å².